The topological polar surface area (TPSA) is 71.4 Å². The van der Waals surface area contributed by atoms with E-state index in [9.17, 15) is 18.3 Å². The first-order valence-corrected chi connectivity index (χ1v) is 8.27. The number of benzene rings is 1. The molecule has 1 aromatic rings. The molecule has 0 saturated heterocycles. The summed E-state index contributed by atoms with van der Waals surface area (Å²) in [5, 5.41) is 9.86. The standard InChI is InChI=1S/C12H14Cl2O4S/c1-19(17,18)9-4-2-8(3-5-9)10(15)6-7-11(16)12(13)14/h2-5,10,12,15H,6-7H2,1H3/t10-/m0/s1. The van der Waals surface area contributed by atoms with Gasteiger partial charge in [0.05, 0.1) is 11.0 Å². The molecule has 0 fully saturated rings. The predicted molar refractivity (Wildman–Crippen MR) is 74.2 cm³/mol. The van der Waals surface area contributed by atoms with Crippen molar-refractivity contribution in [3.63, 3.8) is 0 Å². The van der Waals surface area contributed by atoms with Gasteiger partial charge in [0.25, 0.3) is 0 Å². The van der Waals surface area contributed by atoms with Gasteiger partial charge in [-0.2, -0.15) is 0 Å². The molecule has 0 aromatic heterocycles. The first-order valence-electron chi connectivity index (χ1n) is 5.50. The third-order valence-corrected chi connectivity index (χ3v) is 4.22. The van der Waals surface area contributed by atoms with Gasteiger partial charge in [0, 0.05) is 12.7 Å². The van der Waals surface area contributed by atoms with Crippen molar-refractivity contribution < 1.29 is 18.3 Å². The lowest BCUT2D eigenvalue weighted by Gasteiger charge is -2.11. The summed E-state index contributed by atoms with van der Waals surface area (Å²) in [5.74, 6) is -0.352. The van der Waals surface area contributed by atoms with Crippen LogP contribution in [0.2, 0.25) is 0 Å². The summed E-state index contributed by atoms with van der Waals surface area (Å²) in [4.78, 5) is 10.3. The van der Waals surface area contributed by atoms with Crippen LogP contribution >= 0.6 is 23.2 Å². The van der Waals surface area contributed by atoms with E-state index in [0.29, 0.717) is 5.56 Å². The third-order valence-electron chi connectivity index (χ3n) is 2.60. The summed E-state index contributed by atoms with van der Waals surface area (Å²) < 4.78 is 22.5. The molecule has 1 aromatic carbocycles. The number of alkyl halides is 2. The van der Waals surface area contributed by atoms with Crippen LogP contribution in [-0.2, 0) is 14.6 Å². The van der Waals surface area contributed by atoms with E-state index in [1.165, 1.54) is 24.3 Å². The highest BCUT2D eigenvalue weighted by Gasteiger charge is 2.15. The van der Waals surface area contributed by atoms with E-state index in [1.54, 1.807) is 0 Å². The number of aliphatic hydroxyl groups excluding tert-OH is 1. The summed E-state index contributed by atoms with van der Waals surface area (Å²) in [7, 11) is -3.25. The van der Waals surface area contributed by atoms with Crippen molar-refractivity contribution in [2.45, 2.75) is 28.7 Å². The van der Waals surface area contributed by atoms with E-state index in [0.717, 1.165) is 6.26 Å². The summed E-state index contributed by atoms with van der Waals surface area (Å²) >= 11 is 10.8. The maximum Gasteiger partial charge on any atom is 0.175 e. The van der Waals surface area contributed by atoms with Gasteiger partial charge in [-0.25, -0.2) is 8.42 Å². The van der Waals surface area contributed by atoms with Gasteiger partial charge in [0.2, 0.25) is 0 Å². The number of hydrogen-bond acceptors (Lipinski definition) is 4. The van der Waals surface area contributed by atoms with Gasteiger partial charge in [-0.15, -0.1) is 0 Å². The number of aliphatic hydroxyl groups is 1. The highest BCUT2D eigenvalue weighted by molar-refractivity contribution is 7.90. The zero-order chi connectivity index (χ0) is 14.6. The molecule has 0 amide bonds. The molecular weight excluding hydrogens is 311 g/mol. The molecule has 19 heavy (non-hydrogen) atoms. The van der Waals surface area contributed by atoms with Gasteiger partial charge in [0.15, 0.2) is 20.5 Å². The average Bonchev–Trinajstić information content (AvgIpc) is 2.34. The number of halogens is 2. The van der Waals surface area contributed by atoms with Crippen molar-refractivity contribution in [1.82, 2.24) is 0 Å². The quantitative estimate of drug-likeness (QED) is 0.815. The Morgan fingerprint density at radius 3 is 2.21 bits per heavy atom. The fourth-order valence-corrected chi connectivity index (χ4v) is 2.34. The van der Waals surface area contributed by atoms with Crippen LogP contribution in [0.1, 0.15) is 24.5 Å². The van der Waals surface area contributed by atoms with E-state index in [-0.39, 0.29) is 23.5 Å². The minimum Gasteiger partial charge on any atom is -0.388 e. The van der Waals surface area contributed by atoms with Crippen LogP contribution in [0.5, 0.6) is 0 Å². The fourth-order valence-electron chi connectivity index (χ4n) is 1.49. The molecule has 0 unspecified atom stereocenters. The lowest BCUT2D eigenvalue weighted by molar-refractivity contribution is -0.118. The van der Waals surface area contributed by atoms with Crippen molar-refractivity contribution in [2.75, 3.05) is 6.26 Å². The summed E-state index contributed by atoms with van der Waals surface area (Å²) in [6.07, 6.45) is 0.502. The van der Waals surface area contributed by atoms with E-state index in [2.05, 4.69) is 0 Å². The highest BCUT2D eigenvalue weighted by Crippen LogP contribution is 2.21. The minimum atomic E-state index is -3.25. The lowest BCUT2D eigenvalue weighted by Crippen LogP contribution is -2.09. The second-order valence-corrected chi connectivity index (χ2v) is 7.27. The van der Waals surface area contributed by atoms with Crippen LogP contribution in [-0.4, -0.2) is 30.4 Å². The molecule has 1 N–H and O–H groups in total. The largest absolute Gasteiger partial charge is 0.388 e. The Bertz CT molecular complexity index is 537. The molecule has 0 radical (unpaired) electrons. The lowest BCUT2D eigenvalue weighted by atomic mass is 10.0. The molecule has 0 heterocycles. The molecule has 106 valence electrons. The molecule has 7 heteroatoms. The average molecular weight is 325 g/mol. The zero-order valence-corrected chi connectivity index (χ0v) is 12.5. The number of rotatable bonds is 6. The van der Waals surface area contributed by atoms with Crippen molar-refractivity contribution >= 4 is 38.8 Å². The molecule has 0 aliphatic heterocycles. The maximum absolute atomic E-state index is 11.3. The molecule has 1 atom stereocenters. The molecule has 1 rings (SSSR count). The zero-order valence-electron chi connectivity index (χ0n) is 10.2. The first kappa shape index (κ1) is 16.4. The van der Waals surface area contributed by atoms with Crippen LogP contribution in [0.4, 0.5) is 0 Å². The third kappa shape index (κ3) is 5.10. The monoisotopic (exact) mass is 324 g/mol. The predicted octanol–water partition coefficient (Wildman–Crippen LogP) is 2.28. The normalized spacial score (nSPS) is 13.5. The number of carbonyl (C=O) groups is 1. The Hall–Kier alpha value is -0.620. The Morgan fingerprint density at radius 1 is 1.26 bits per heavy atom. The molecule has 0 spiro atoms. The van der Waals surface area contributed by atoms with Crippen molar-refractivity contribution in [3.05, 3.63) is 29.8 Å². The molecule has 4 nitrogen and oxygen atoms in total. The van der Waals surface area contributed by atoms with E-state index in [4.69, 9.17) is 23.2 Å². The molecule has 0 bridgehead atoms. The van der Waals surface area contributed by atoms with Crippen molar-refractivity contribution in [3.8, 4) is 0 Å². The van der Waals surface area contributed by atoms with Gasteiger partial charge in [-0.1, -0.05) is 35.3 Å². The van der Waals surface area contributed by atoms with Gasteiger partial charge in [-0.3, -0.25) is 4.79 Å². The fraction of sp³-hybridized carbons (Fsp3) is 0.417. The van der Waals surface area contributed by atoms with Crippen LogP contribution < -0.4 is 0 Å². The summed E-state index contributed by atoms with van der Waals surface area (Å²) in [6.45, 7) is 0. The number of Topliss-reactive ketones (excluding diaryl/α,β-unsaturated/α-hetero) is 1. The van der Waals surface area contributed by atoms with E-state index >= 15 is 0 Å². The second-order valence-electron chi connectivity index (χ2n) is 4.16. The number of carbonyl (C=O) groups excluding carboxylic acids is 1. The summed E-state index contributed by atoms with van der Waals surface area (Å²) in [6, 6.07) is 5.87. The smallest absolute Gasteiger partial charge is 0.175 e. The maximum atomic E-state index is 11.3. The number of sulfone groups is 1. The van der Waals surface area contributed by atoms with Gasteiger partial charge in [-0.05, 0) is 24.1 Å². The van der Waals surface area contributed by atoms with Crippen LogP contribution in [0, 0.1) is 0 Å². The van der Waals surface area contributed by atoms with E-state index < -0.39 is 20.8 Å². The van der Waals surface area contributed by atoms with Crippen LogP contribution in [0.15, 0.2) is 29.2 Å². The number of ketones is 1. The SMILES string of the molecule is CS(=O)(=O)c1ccc([C@@H](O)CCC(=O)C(Cl)Cl)cc1. The summed E-state index contributed by atoms with van der Waals surface area (Å²) in [5.41, 5.74) is 0.542. The molecule has 0 saturated carbocycles. The van der Waals surface area contributed by atoms with Gasteiger partial charge < -0.3 is 5.11 Å². The van der Waals surface area contributed by atoms with Crippen LogP contribution in [0.25, 0.3) is 0 Å². The Balaban J connectivity index is 2.68. The van der Waals surface area contributed by atoms with Crippen molar-refractivity contribution in [2.24, 2.45) is 0 Å². The Kier molecular flexibility index (Phi) is 5.80. The van der Waals surface area contributed by atoms with Crippen molar-refractivity contribution in [1.29, 1.82) is 0 Å². The Morgan fingerprint density at radius 2 is 1.79 bits per heavy atom. The van der Waals surface area contributed by atoms with Gasteiger partial charge in [0.1, 0.15) is 0 Å². The second kappa shape index (κ2) is 6.70. The Labute approximate surface area is 122 Å². The molecular formula is C12H14Cl2O4S. The minimum absolute atomic E-state index is 0.0622. The van der Waals surface area contributed by atoms with Crippen LogP contribution in [0.3, 0.4) is 0 Å². The number of hydrogen-bond donors (Lipinski definition) is 1. The van der Waals surface area contributed by atoms with Gasteiger partial charge >= 0.3 is 0 Å². The highest BCUT2D eigenvalue weighted by atomic mass is 35.5. The molecule has 0 aliphatic carbocycles. The first-order chi connectivity index (χ1) is 8.71. The molecule has 0 aliphatic rings. The van der Waals surface area contributed by atoms with E-state index in [1.807, 2.05) is 0 Å².